The molecule has 8 heteroatoms. The van der Waals surface area contributed by atoms with Crippen LogP contribution in [-0.4, -0.2) is 28.6 Å². The van der Waals surface area contributed by atoms with Crippen molar-refractivity contribution < 1.29 is 18.8 Å². The molecule has 140 valence electrons. The number of carbonyl (C=O) groups is 2. The highest BCUT2D eigenvalue weighted by atomic mass is 32.1. The van der Waals surface area contributed by atoms with Crippen LogP contribution in [0, 0.1) is 13.8 Å². The van der Waals surface area contributed by atoms with Crippen molar-refractivity contribution in [1.82, 2.24) is 10.1 Å². The van der Waals surface area contributed by atoms with E-state index in [2.05, 4.69) is 15.5 Å². The zero-order chi connectivity index (χ0) is 19.2. The number of rotatable bonds is 7. The number of hydrogen-bond donors (Lipinski definition) is 1. The minimum atomic E-state index is -0.500. The number of carbonyl (C=O) groups excluding carboxylic acids is 2. The third-order valence-electron chi connectivity index (χ3n) is 3.95. The maximum absolute atomic E-state index is 11.9. The number of ether oxygens (including phenoxy) is 1. The predicted molar refractivity (Wildman–Crippen MR) is 101 cm³/mol. The van der Waals surface area contributed by atoms with Gasteiger partial charge in [0.1, 0.15) is 0 Å². The monoisotopic (exact) mass is 385 g/mol. The number of aryl methyl sites for hydroxylation is 3. The first-order valence-corrected chi connectivity index (χ1v) is 9.33. The summed E-state index contributed by atoms with van der Waals surface area (Å²) in [4.78, 5) is 27.9. The summed E-state index contributed by atoms with van der Waals surface area (Å²) in [6.45, 7) is 3.62. The summed E-state index contributed by atoms with van der Waals surface area (Å²) in [6.07, 6.45) is 0.316. The first-order valence-electron chi connectivity index (χ1n) is 8.39. The molecule has 0 saturated heterocycles. The molecule has 0 radical (unpaired) electrons. The molecular formula is C19H19N3O4S. The number of aromatic nitrogens is 2. The van der Waals surface area contributed by atoms with Gasteiger partial charge in [0.25, 0.3) is 5.91 Å². The van der Waals surface area contributed by atoms with Crippen LogP contribution in [0.2, 0.25) is 0 Å². The number of benzene rings is 1. The van der Waals surface area contributed by atoms with Gasteiger partial charge in [0.15, 0.2) is 6.61 Å². The average molecular weight is 385 g/mol. The van der Waals surface area contributed by atoms with Gasteiger partial charge in [0.2, 0.25) is 11.7 Å². The van der Waals surface area contributed by atoms with Crippen molar-refractivity contribution in [3.63, 3.8) is 0 Å². The Morgan fingerprint density at radius 1 is 1.22 bits per heavy atom. The first-order chi connectivity index (χ1) is 13.0. The summed E-state index contributed by atoms with van der Waals surface area (Å²) in [7, 11) is 0. The summed E-state index contributed by atoms with van der Waals surface area (Å²) in [5, 5.41) is 10.4. The fourth-order valence-electron chi connectivity index (χ4n) is 2.31. The Kier molecular flexibility index (Phi) is 5.97. The SMILES string of the molecule is Cc1ccc(NC(=O)COC(=O)CCc2nc(-c3ccsc3)no2)cc1C. The minimum absolute atomic E-state index is 0.0577. The molecule has 0 aliphatic heterocycles. The molecule has 2 aromatic heterocycles. The highest BCUT2D eigenvalue weighted by molar-refractivity contribution is 7.08. The maximum atomic E-state index is 11.9. The van der Waals surface area contributed by atoms with E-state index >= 15 is 0 Å². The number of nitrogens with one attached hydrogen (secondary N) is 1. The molecule has 1 N–H and O–H groups in total. The highest BCUT2D eigenvalue weighted by Crippen LogP contribution is 2.19. The normalized spacial score (nSPS) is 10.6. The fourth-order valence-corrected chi connectivity index (χ4v) is 2.94. The van der Waals surface area contributed by atoms with E-state index in [4.69, 9.17) is 9.26 Å². The van der Waals surface area contributed by atoms with Gasteiger partial charge in [-0.25, -0.2) is 0 Å². The van der Waals surface area contributed by atoms with Gasteiger partial charge in [0.05, 0.1) is 6.42 Å². The van der Waals surface area contributed by atoms with Crippen LogP contribution in [-0.2, 0) is 20.7 Å². The smallest absolute Gasteiger partial charge is 0.306 e. The van der Waals surface area contributed by atoms with Crippen molar-refractivity contribution in [2.45, 2.75) is 26.7 Å². The van der Waals surface area contributed by atoms with Gasteiger partial charge in [-0.2, -0.15) is 16.3 Å². The number of esters is 1. The van der Waals surface area contributed by atoms with E-state index in [0.29, 0.717) is 17.4 Å². The summed E-state index contributed by atoms with van der Waals surface area (Å²) in [6, 6.07) is 7.49. The summed E-state index contributed by atoms with van der Waals surface area (Å²) < 4.78 is 10.1. The molecule has 0 aliphatic carbocycles. The predicted octanol–water partition coefficient (Wildman–Crippen LogP) is 3.53. The van der Waals surface area contributed by atoms with Crippen molar-refractivity contribution in [2.75, 3.05) is 11.9 Å². The number of nitrogens with zero attached hydrogens (tertiary/aromatic N) is 2. The molecule has 7 nitrogen and oxygen atoms in total. The molecule has 3 rings (SSSR count). The summed E-state index contributed by atoms with van der Waals surface area (Å²) in [5.41, 5.74) is 3.76. The lowest BCUT2D eigenvalue weighted by Crippen LogP contribution is -2.21. The van der Waals surface area contributed by atoms with Gasteiger partial charge in [0, 0.05) is 23.1 Å². The van der Waals surface area contributed by atoms with E-state index in [-0.39, 0.29) is 25.4 Å². The molecular weight excluding hydrogens is 366 g/mol. The van der Waals surface area contributed by atoms with Crippen LogP contribution < -0.4 is 5.32 Å². The Morgan fingerprint density at radius 3 is 2.81 bits per heavy atom. The molecule has 27 heavy (non-hydrogen) atoms. The van der Waals surface area contributed by atoms with E-state index in [1.54, 1.807) is 0 Å². The van der Waals surface area contributed by atoms with Crippen LogP contribution in [0.25, 0.3) is 11.4 Å². The molecule has 1 amide bonds. The van der Waals surface area contributed by atoms with Gasteiger partial charge in [-0.3, -0.25) is 9.59 Å². The van der Waals surface area contributed by atoms with Crippen molar-refractivity contribution in [1.29, 1.82) is 0 Å². The molecule has 3 aromatic rings. The Balaban J connectivity index is 1.41. The van der Waals surface area contributed by atoms with Gasteiger partial charge >= 0.3 is 5.97 Å². The molecule has 0 aliphatic rings. The van der Waals surface area contributed by atoms with Gasteiger partial charge in [-0.1, -0.05) is 11.2 Å². The van der Waals surface area contributed by atoms with E-state index < -0.39 is 5.97 Å². The zero-order valence-corrected chi connectivity index (χ0v) is 15.8. The topological polar surface area (TPSA) is 94.3 Å². The third kappa shape index (κ3) is 5.24. The Hall–Kier alpha value is -3.00. The van der Waals surface area contributed by atoms with Crippen molar-refractivity contribution in [2.24, 2.45) is 0 Å². The lowest BCUT2D eigenvalue weighted by atomic mass is 10.1. The Labute approximate surface area is 160 Å². The average Bonchev–Trinajstić information content (AvgIpc) is 3.32. The third-order valence-corrected chi connectivity index (χ3v) is 4.63. The van der Waals surface area contributed by atoms with E-state index in [0.717, 1.165) is 16.7 Å². The summed E-state index contributed by atoms with van der Waals surface area (Å²) in [5.74, 6) is -0.0372. The second kappa shape index (κ2) is 8.59. The number of amides is 1. The summed E-state index contributed by atoms with van der Waals surface area (Å²) >= 11 is 1.54. The Morgan fingerprint density at radius 2 is 2.07 bits per heavy atom. The lowest BCUT2D eigenvalue weighted by Gasteiger charge is -2.08. The fraction of sp³-hybridized carbons (Fsp3) is 0.263. The zero-order valence-electron chi connectivity index (χ0n) is 15.0. The van der Waals surface area contributed by atoms with E-state index in [1.807, 2.05) is 48.9 Å². The van der Waals surface area contributed by atoms with Crippen molar-refractivity contribution in [3.8, 4) is 11.4 Å². The van der Waals surface area contributed by atoms with Gasteiger partial charge in [-0.15, -0.1) is 0 Å². The molecule has 0 unspecified atom stereocenters. The number of hydrogen-bond acceptors (Lipinski definition) is 7. The van der Waals surface area contributed by atoms with Crippen LogP contribution in [0.1, 0.15) is 23.4 Å². The molecule has 0 spiro atoms. The van der Waals surface area contributed by atoms with Crippen LogP contribution in [0.4, 0.5) is 5.69 Å². The number of thiophene rings is 1. The van der Waals surface area contributed by atoms with E-state index in [1.165, 1.54) is 11.3 Å². The van der Waals surface area contributed by atoms with Crippen LogP contribution in [0.5, 0.6) is 0 Å². The van der Waals surface area contributed by atoms with Crippen LogP contribution in [0.3, 0.4) is 0 Å². The van der Waals surface area contributed by atoms with E-state index in [9.17, 15) is 9.59 Å². The molecule has 1 aromatic carbocycles. The molecule has 0 atom stereocenters. The maximum Gasteiger partial charge on any atom is 0.306 e. The first kappa shape index (κ1) is 18.8. The second-order valence-electron chi connectivity index (χ2n) is 6.03. The molecule has 0 fully saturated rings. The molecule has 2 heterocycles. The largest absolute Gasteiger partial charge is 0.456 e. The van der Waals surface area contributed by atoms with Crippen LogP contribution >= 0.6 is 11.3 Å². The van der Waals surface area contributed by atoms with Gasteiger partial charge in [-0.05, 0) is 48.6 Å². The molecule has 0 saturated carbocycles. The standard InChI is InChI=1S/C19H19N3O4S/c1-12-3-4-15(9-13(12)2)20-16(23)10-25-18(24)6-5-17-21-19(22-26-17)14-7-8-27-11-14/h3-4,7-9,11H,5-6,10H2,1-2H3,(H,20,23). The quantitative estimate of drug-likeness (QED) is 0.625. The Bertz CT molecular complexity index is 934. The minimum Gasteiger partial charge on any atom is -0.456 e. The van der Waals surface area contributed by atoms with Gasteiger partial charge < -0.3 is 14.6 Å². The molecule has 0 bridgehead atoms. The van der Waals surface area contributed by atoms with Crippen molar-refractivity contribution in [3.05, 3.63) is 52.0 Å². The highest BCUT2D eigenvalue weighted by Gasteiger charge is 2.13. The van der Waals surface area contributed by atoms with Crippen molar-refractivity contribution >= 4 is 28.9 Å². The number of anilines is 1. The second-order valence-corrected chi connectivity index (χ2v) is 6.81. The lowest BCUT2D eigenvalue weighted by molar-refractivity contribution is -0.147. The van der Waals surface area contributed by atoms with Crippen LogP contribution in [0.15, 0.2) is 39.5 Å².